The fourth-order valence-corrected chi connectivity index (χ4v) is 1.07. The number of aliphatic hydroxyl groups is 1. The highest BCUT2D eigenvalue weighted by molar-refractivity contribution is 4.90. The van der Waals surface area contributed by atoms with E-state index < -0.39 is 0 Å². The predicted octanol–water partition coefficient (Wildman–Crippen LogP) is 0.629. The number of rotatable bonds is 3. The quantitative estimate of drug-likeness (QED) is 0.583. The highest BCUT2D eigenvalue weighted by Gasteiger charge is 2.22. The van der Waals surface area contributed by atoms with E-state index in [1.165, 1.54) is 5.57 Å². The molecule has 0 aromatic rings. The van der Waals surface area contributed by atoms with E-state index in [0.717, 1.165) is 26.1 Å². The third-order valence-corrected chi connectivity index (χ3v) is 1.79. The Bertz CT molecular complexity index is 127. The monoisotopic (exact) mass is 141 g/mol. The van der Waals surface area contributed by atoms with Crippen LogP contribution >= 0.6 is 0 Å². The molecule has 0 radical (unpaired) electrons. The van der Waals surface area contributed by atoms with Gasteiger partial charge in [0, 0.05) is 19.6 Å². The molecule has 2 heteroatoms. The first-order valence-corrected chi connectivity index (χ1v) is 3.73. The highest BCUT2D eigenvalue weighted by Crippen LogP contribution is 2.09. The van der Waals surface area contributed by atoms with Crippen molar-refractivity contribution in [3.63, 3.8) is 0 Å². The predicted molar refractivity (Wildman–Crippen MR) is 41.9 cm³/mol. The van der Waals surface area contributed by atoms with Crippen molar-refractivity contribution in [3.8, 4) is 0 Å². The summed E-state index contributed by atoms with van der Waals surface area (Å²) in [6.07, 6.45) is 0.998. The Balaban J connectivity index is 2.00. The summed E-state index contributed by atoms with van der Waals surface area (Å²) in [5.74, 6) is 0. The topological polar surface area (TPSA) is 23.5 Å². The second-order valence-electron chi connectivity index (χ2n) is 3.12. The van der Waals surface area contributed by atoms with Gasteiger partial charge in [-0.15, -0.1) is 6.58 Å². The second kappa shape index (κ2) is 3.17. The molecule has 1 fully saturated rings. The Morgan fingerprint density at radius 1 is 1.70 bits per heavy atom. The molecule has 1 rings (SSSR count). The fraction of sp³-hybridized carbons (Fsp3) is 0.750. The van der Waals surface area contributed by atoms with Gasteiger partial charge in [0.1, 0.15) is 0 Å². The maximum Gasteiger partial charge on any atom is 0.0793 e. The van der Waals surface area contributed by atoms with Crippen LogP contribution in [0.4, 0.5) is 0 Å². The van der Waals surface area contributed by atoms with Crippen LogP contribution < -0.4 is 0 Å². The van der Waals surface area contributed by atoms with Crippen molar-refractivity contribution in [3.05, 3.63) is 12.2 Å². The van der Waals surface area contributed by atoms with Gasteiger partial charge in [-0.3, -0.25) is 4.90 Å². The van der Waals surface area contributed by atoms with Crippen molar-refractivity contribution < 1.29 is 5.11 Å². The van der Waals surface area contributed by atoms with Crippen LogP contribution in [0.1, 0.15) is 13.3 Å². The summed E-state index contributed by atoms with van der Waals surface area (Å²) in [5, 5.41) is 8.92. The molecule has 10 heavy (non-hydrogen) atoms. The Morgan fingerprint density at radius 2 is 2.30 bits per heavy atom. The lowest BCUT2D eigenvalue weighted by atomic mass is 10.1. The van der Waals surface area contributed by atoms with Gasteiger partial charge in [0.15, 0.2) is 0 Å². The smallest absolute Gasteiger partial charge is 0.0793 e. The molecule has 0 atom stereocenters. The Kier molecular flexibility index (Phi) is 2.46. The fourth-order valence-electron chi connectivity index (χ4n) is 1.07. The molecule has 1 aliphatic rings. The number of nitrogens with zero attached hydrogens (tertiary/aromatic N) is 1. The standard InChI is InChI=1S/C8H15NO/c1-7(2)3-4-9-5-8(10)6-9/h8,10H,1,3-6H2,2H3. The summed E-state index contributed by atoms with van der Waals surface area (Å²) in [6.45, 7) is 8.62. The normalized spacial score (nSPS) is 20.6. The molecule has 0 bridgehead atoms. The zero-order valence-electron chi connectivity index (χ0n) is 6.51. The van der Waals surface area contributed by atoms with E-state index in [1.54, 1.807) is 0 Å². The zero-order valence-corrected chi connectivity index (χ0v) is 6.51. The summed E-state index contributed by atoms with van der Waals surface area (Å²) in [7, 11) is 0. The lowest BCUT2D eigenvalue weighted by molar-refractivity contribution is 0.00313. The van der Waals surface area contributed by atoms with E-state index in [1.807, 2.05) is 6.92 Å². The third-order valence-electron chi connectivity index (χ3n) is 1.79. The second-order valence-corrected chi connectivity index (χ2v) is 3.12. The Morgan fingerprint density at radius 3 is 2.70 bits per heavy atom. The molecule has 0 amide bonds. The Labute approximate surface area is 62.2 Å². The van der Waals surface area contributed by atoms with Gasteiger partial charge in [0.05, 0.1) is 6.10 Å². The molecular weight excluding hydrogens is 126 g/mol. The minimum Gasteiger partial charge on any atom is -0.390 e. The van der Waals surface area contributed by atoms with E-state index >= 15 is 0 Å². The summed E-state index contributed by atoms with van der Waals surface area (Å²) in [4.78, 5) is 2.24. The molecule has 1 N–H and O–H groups in total. The van der Waals surface area contributed by atoms with Crippen LogP contribution in [-0.4, -0.2) is 35.7 Å². The summed E-state index contributed by atoms with van der Waals surface area (Å²) in [5.41, 5.74) is 1.22. The largest absolute Gasteiger partial charge is 0.390 e. The van der Waals surface area contributed by atoms with E-state index in [-0.39, 0.29) is 6.10 Å². The van der Waals surface area contributed by atoms with Gasteiger partial charge in [-0.1, -0.05) is 5.57 Å². The van der Waals surface area contributed by atoms with E-state index in [0.29, 0.717) is 0 Å². The molecule has 58 valence electrons. The number of likely N-dealkylation sites (tertiary alicyclic amines) is 1. The number of β-amino-alcohol motifs (C(OH)–C–C–N with tert-alkyl or cyclic N) is 1. The van der Waals surface area contributed by atoms with E-state index in [2.05, 4.69) is 11.5 Å². The molecule has 1 aliphatic heterocycles. The number of hydrogen-bond acceptors (Lipinski definition) is 2. The maximum absolute atomic E-state index is 8.92. The number of aliphatic hydroxyl groups excluding tert-OH is 1. The Hall–Kier alpha value is -0.340. The lowest BCUT2D eigenvalue weighted by Gasteiger charge is -2.35. The van der Waals surface area contributed by atoms with Crippen LogP contribution in [0, 0.1) is 0 Å². The minimum atomic E-state index is -0.0647. The molecule has 1 saturated heterocycles. The lowest BCUT2D eigenvalue weighted by Crippen LogP contribution is -2.50. The van der Waals surface area contributed by atoms with Gasteiger partial charge in [-0.25, -0.2) is 0 Å². The molecule has 0 spiro atoms. The SMILES string of the molecule is C=C(C)CCN1CC(O)C1. The molecule has 2 nitrogen and oxygen atoms in total. The van der Waals surface area contributed by atoms with Crippen LogP contribution in [0.25, 0.3) is 0 Å². The molecule has 0 saturated carbocycles. The van der Waals surface area contributed by atoms with Crippen molar-refractivity contribution >= 4 is 0 Å². The molecule has 0 aromatic heterocycles. The van der Waals surface area contributed by atoms with Crippen LogP contribution in [0.2, 0.25) is 0 Å². The van der Waals surface area contributed by atoms with Crippen molar-refractivity contribution in [2.75, 3.05) is 19.6 Å². The minimum absolute atomic E-state index is 0.0647. The van der Waals surface area contributed by atoms with Crippen molar-refractivity contribution in [2.24, 2.45) is 0 Å². The van der Waals surface area contributed by atoms with Crippen LogP contribution in [0.5, 0.6) is 0 Å². The van der Waals surface area contributed by atoms with Gasteiger partial charge in [-0.05, 0) is 13.3 Å². The van der Waals surface area contributed by atoms with Gasteiger partial charge in [0.25, 0.3) is 0 Å². The van der Waals surface area contributed by atoms with Crippen LogP contribution in [-0.2, 0) is 0 Å². The molecule has 0 unspecified atom stereocenters. The van der Waals surface area contributed by atoms with Crippen molar-refractivity contribution in [1.82, 2.24) is 4.90 Å². The first-order chi connectivity index (χ1) is 4.68. The number of hydrogen-bond donors (Lipinski definition) is 1. The molecule has 0 aliphatic carbocycles. The maximum atomic E-state index is 8.92. The van der Waals surface area contributed by atoms with Gasteiger partial charge >= 0.3 is 0 Å². The van der Waals surface area contributed by atoms with Crippen LogP contribution in [0.3, 0.4) is 0 Å². The summed E-state index contributed by atoms with van der Waals surface area (Å²) >= 11 is 0. The van der Waals surface area contributed by atoms with Gasteiger partial charge in [-0.2, -0.15) is 0 Å². The summed E-state index contributed by atoms with van der Waals surface area (Å²) < 4.78 is 0. The first-order valence-electron chi connectivity index (χ1n) is 3.73. The van der Waals surface area contributed by atoms with E-state index in [9.17, 15) is 0 Å². The molecular formula is C8H15NO. The third kappa shape index (κ3) is 2.12. The average molecular weight is 141 g/mol. The average Bonchev–Trinajstić information content (AvgIpc) is 1.77. The molecule has 0 aromatic carbocycles. The van der Waals surface area contributed by atoms with E-state index in [4.69, 9.17) is 5.11 Å². The zero-order chi connectivity index (χ0) is 7.56. The van der Waals surface area contributed by atoms with Gasteiger partial charge in [0.2, 0.25) is 0 Å². The summed E-state index contributed by atoms with van der Waals surface area (Å²) in [6, 6.07) is 0. The first kappa shape index (κ1) is 7.76. The van der Waals surface area contributed by atoms with Crippen LogP contribution in [0.15, 0.2) is 12.2 Å². The highest BCUT2D eigenvalue weighted by atomic mass is 16.3. The van der Waals surface area contributed by atoms with Crippen molar-refractivity contribution in [1.29, 1.82) is 0 Å². The van der Waals surface area contributed by atoms with Gasteiger partial charge < -0.3 is 5.11 Å². The molecule has 1 heterocycles. The van der Waals surface area contributed by atoms with Crippen molar-refractivity contribution in [2.45, 2.75) is 19.4 Å².